The monoisotopic (exact) mass is 633 g/mol. The Kier molecular flexibility index (Phi) is 11.2. The molecule has 0 atom stereocenters. The zero-order valence-electron chi connectivity index (χ0n) is 19.1. The molecule has 0 amide bonds. The number of hydrogen-bond donors (Lipinski definition) is 3. The summed E-state index contributed by atoms with van der Waals surface area (Å²) >= 11 is 0. The van der Waals surface area contributed by atoms with Gasteiger partial charge in [-0.1, -0.05) is 80.4 Å². The van der Waals surface area contributed by atoms with Gasteiger partial charge in [-0.05, 0) is 30.2 Å². The van der Waals surface area contributed by atoms with Crippen LogP contribution in [0.3, 0.4) is 0 Å². The van der Waals surface area contributed by atoms with E-state index in [2.05, 4.69) is 22.7 Å². The molecule has 0 unspecified atom stereocenters. The molecule has 2 heterocycles. The number of nitrogens with two attached hydrogens (primary N) is 1. The van der Waals surface area contributed by atoms with E-state index in [-0.39, 0.29) is 38.6 Å². The molecule has 180 valence electrons. The van der Waals surface area contributed by atoms with Gasteiger partial charge in [0.15, 0.2) is 0 Å². The van der Waals surface area contributed by atoms with Gasteiger partial charge < -0.3 is 16.2 Å². The molecule has 0 bridgehead atoms. The van der Waals surface area contributed by atoms with Crippen LogP contribution in [0.5, 0.6) is 5.75 Å². The molecule has 8 heteroatoms. The van der Waals surface area contributed by atoms with Crippen molar-refractivity contribution in [3.8, 4) is 5.75 Å². The predicted molar refractivity (Wildman–Crippen MR) is 129 cm³/mol. The van der Waals surface area contributed by atoms with Crippen LogP contribution in [0.25, 0.3) is 5.32 Å². The maximum atomic E-state index is 12.0. The van der Waals surface area contributed by atoms with Gasteiger partial charge in [0.2, 0.25) is 11.7 Å². The number of piperidine rings is 1. The summed E-state index contributed by atoms with van der Waals surface area (Å²) in [5, 5.41) is 12.8. The molecule has 1 fully saturated rings. The summed E-state index contributed by atoms with van der Waals surface area (Å²) in [6.45, 7) is 4.52. The van der Waals surface area contributed by atoms with Crippen molar-refractivity contribution in [1.82, 2.24) is 5.48 Å². The third kappa shape index (κ3) is 7.94. The number of phenols is 1. The van der Waals surface area contributed by atoms with Gasteiger partial charge in [0.25, 0.3) is 0 Å². The van der Waals surface area contributed by atoms with Gasteiger partial charge in [-0.3, -0.25) is 0 Å². The van der Waals surface area contributed by atoms with Crippen molar-refractivity contribution >= 4 is 5.96 Å². The number of guanidine groups is 1. The minimum Gasteiger partial charge on any atom is -0.662 e. The number of hydroxylamine groups is 1. The van der Waals surface area contributed by atoms with Crippen LogP contribution in [0.4, 0.5) is 4.39 Å². The van der Waals surface area contributed by atoms with Gasteiger partial charge in [0, 0.05) is 32.2 Å². The zero-order chi connectivity index (χ0) is 23.5. The maximum absolute atomic E-state index is 12.0. The molecular formula is C26H30FN4O2W-. The number of hydrogen-bond acceptors (Lipinski definition) is 5. The minimum atomic E-state index is -0.896. The van der Waals surface area contributed by atoms with E-state index < -0.39 is 5.72 Å². The van der Waals surface area contributed by atoms with Gasteiger partial charge in [0.1, 0.15) is 11.6 Å². The second kappa shape index (κ2) is 13.8. The molecule has 2 aliphatic heterocycles. The number of rotatable bonds is 2. The number of benzene rings is 3. The van der Waals surface area contributed by atoms with Gasteiger partial charge in [0.05, 0.1) is 0 Å². The van der Waals surface area contributed by atoms with E-state index >= 15 is 0 Å². The predicted octanol–water partition coefficient (Wildman–Crippen LogP) is 5.06. The fourth-order valence-corrected chi connectivity index (χ4v) is 3.40. The summed E-state index contributed by atoms with van der Waals surface area (Å²) in [6.07, 6.45) is 2.64. The van der Waals surface area contributed by atoms with Gasteiger partial charge in [-0.15, -0.1) is 13.1 Å². The second-order valence-electron chi connectivity index (χ2n) is 7.91. The quantitative estimate of drug-likeness (QED) is 0.368. The van der Waals surface area contributed by atoms with Gasteiger partial charge in [-0.2, -0.15) is 0 Å². The molecular weight excluding hydrogens is 603 g/mol. The van der Waals surface area contributed by atoms with Gasteiger partial charge >= 0.3 is 0 Å². The Morgan fingerprint density at radius 2 is 1.44 bits per heavy atom. The molecule has 0 radical (unpaired) electrons. The summed E-state index contributed by atoms with van der Waals surface area (Å²) in [5.41, 5.74) is 9.31. The van der Waals surface area contributed by atoms with E-state index in [1.807, 2.05) is 60.7 Å². The van der Waals surface area contributed by atoms with E-state index in [9.17, 15) is 4.39 Å². The van der Waals surface area contributed by atoms with Crippen molar-refractivity contribution in [3.63, 3.8) is 0 Å². The van der Waals surface area contributed by atoms with Crippen LogP contribution in [0.1, 0.15) is 30.9 Å². The number of nitrogens with one attached hydrogen (secondary N) is 1. The average Bonchev–Trinajstić information content (AvgIpc) is 3.26. The largest absolute Gasteiger partial charge is 0.662 e. The molecule has 6 nitrogen and oxygen atoms in total. The molecule has 3 aromatic rings. The SMILES string of the molecule is CC1CC[N-]CC1.NC1=NC(c2ccccc2)(c2ccccc2)ON1.Oc1ccc(F)cc1.[W]. The molecule has 5 rings (SSSR count). The molecule has 1 saturated heterocycles. The number of phenolic OH excluding ortho intramolecular Hbond substituents is 1. The minimum absolute atomic E-state index is 0. The topological polar surface area (TPSA) is 94.0 Å². The van der Waals surface area contributed by atoms with Crippen molar-refractivity contribution in [2.45, 2.75) is 25.5 Å². The first-order valence-electron chi connectivity index (χ1n) is 11.0. The first-order valence-corrected chi connectivity index (χ1v) is 11.0. The second-order valence-corrected chi connectivity index (χ2v) is 7.91. The normalized spacial score (nSPS) is 16.4. The van der Waals surface area contributed by atoms with Crippen LogP contribution in [-0.4, -0.2) is 24.2 Å². The Labute approximate surface area is 214 Å². The molecule has 2 aliphatic rings. The smallest absolute Gasteiger partial charge is 0.239 e. The van der Waals surface area contributed by atoms with Crippen molar-refractivity contribution in [2.24, 2.45) is 16.6 Å². The van der Waals surface area contributed by atoms with Crippen molar-refractivity contribution in [3.05, 3.63) is 107 Å². The Morgan fingerprint density at radius 3 is 1.79 bits per heavy atom. The fraction of sp³-hybridized carbons (Fsp3) is 0.269. The van der Waals surface area contributed by atoms with E-state index in [0.717, 1.165) is 30.1 Å². The van der Waals surface area contributed by atoms with Crippen LogP contribution >= 0.6 is 0 Å². The number of aromatic hydroxyl groups is 1. The molecule has 0 aromatic heterocycles. The van der Waals surface area contributed by atoms with Gasteiger partial charge in [-0.25, -0.2) is 19.7 Å². The van der Waals surface area contributed by atoms with Crippen LogP contribution < -0.4 is 11.2 Å². The molecule has 3 aromatic carbocycles. The first-order chi connectivity index (χ1) is 16.0. The van der Waals surface area contributed by atoms with Crippen molar-refractivity contribution in [1.29, 1.82) is 0 Å². The van der Waals surface area contributed by atoms with Crippen LogP contribution in [0, 0.1) is 11.7 Å². The average molecular weight is 633 g/mol. The molecule has 34 heavy (non-hydrogen) atoms. The summed E-state index contributed by atoms with van der Waals surface area (Å²) in [6, 6.07) is 24.6. The Bertz CT molecular complexity index is 938. The standard InChI is InChI=1S/C14H13N3O.C6H5FO.C6H12N.W/c15-13-16-14(18-17-13,11-7-3-1-4-8-11)12-9-5-2-6-10-12;7-5-1-3-6(8)4-2-5;1-6-2-4-7-5-3-6;/h1-10H,(H3,15,16,17);1-4,8H;6H,2-5H2,1H3;/q;;-1;. The third-order valence-corrected chi connectivity index (χ3v) is 5.30. The van der Waals surface area contributed by atoms with Crippen LogP contribution in [0.15, 0.2) is 89.9 Å². The van der Waals surface area contributed by atoms with Crippen molar-refractivity contribution in [2.75, 3.05) is 13.1 Å². The Balaban J connectivity index is 0.000000212. The molecule has 0 aliphatic carbocycles. The van der Waals surface area contributed by atoms with Crippen LogP contribution in [-0.2, 0) is 31.6 Å². The fourth-order valence-electron chi connectivity index (χ4n) is 3.40. The molecule has 0 spiro atoms. The molecule has 0 saturated carbocycles. The third-order valence-electron chi connectivity index (χ3n) is 5.30. The summed E-state index contributed by atoms with van der Waals surface area (Å²) in [4.78, 5) is 10.1. The van der Waals surface area contributed by atoms with Crippen molar-refractivity contribution < 1.29 is 35.4 Å². The Hall–Kier alpha value is -2.73. The first kappa shape index (κ1) is 27.5. The summed E-state index contributed by atoms with van der Waals surface area (Å²) < 4.78 is 12.0. The van der Waals surface area contributed by atoms with E-state index in [1.165, 1.54) is 37.1 Å². The van der Waals surface area contributed by atoms with E-state index in [1.54, 1.807) is 0 Å². The number of halogens is 1. The number of aliphatic imine (C=N–C) groups is 1. The zero-order valence-corrected chi connectivity index (χ0v) is 22.0. The van der Waals surface area contributed by atoms with Crippen LogP contribution in [0.2, 0.25) is 0 Å². The van der Waals surface area contributed by atoms with E-state index in [4.69, 9.17) is 15.7 Å². The summed E-state index contributed by atoms with van der Waals surface area (Å²) in [5.74, 6) is 0.981. The number of nitrogens with zero attached hydrogens (tertiary/aromatic N) is 2. The Morgan fingerprint density at radius 1 is 0.941 bits per heavy atom. The van der Waals surface area contributed by atoms with E-state index in [0.29, 0.717) is 0 Å². The molecule has 4 N–H and O–H groups in total. The summed E-state index contributed by atoms with van der Waals surface area (Å²) in [7, 11) is 0. The maximum Gasteiger partial charge on any atom is 0.239 e.